The molecule has 4 rings (SSSR count). The summed E-state index contributed by atoms with van der Waals surface area (Å²) in [6.45, 7) is 5.90. The Balaban J connectivity index is 1.40. The third kappa shape index (κ3) is 5.13. The van der Waals surface area contributed by atoms with E-state index in [-0.39, 0.29) is 36.6 Å². The lowest BCUT2D eigenvalue weighted by Crippen LogP contribution is -2.43. The minimum atomic E-state index is -0.173. The monoisotopic (exact) mass is 435 g/mol. The Labute approximate surface area is 187 Å². The van der Waals surface area contributed by atoms with E-state index in [0.29, 0.717) is 11.6 Å². The minimum absolute atomic E-state index is 0.0172. The van der Waals surface area contributed by atoms with Gasteiger partial charge in [-0.25, -0.2) is 4.68 Å². The van der Waals surface area contributed by atoms with Crippen molar-refractivity contribution in [1.29, 1.82) is 0 Å². The average molecular weight is 436 g/mol. The highest BCUT2D eigenvalue weighted by molar-refractivity contribution is 5.91. The topological polar surface area (TPSA) is 98.1 Å². The second-order valence-corrected chi connectivity index (χ2v) is 8.68. The van der Waals surface area contributed by atoms with Gasteiger partial charge in [0.1, 0.15) is 12.1 Å². The zero-order valence-corrected chi connectivity index (χ0v) is 18.6. The lowest BCUT2D eigenvalue weighted by Gasteiger charge is -2.37. The molecule has 1 saturated heterocycles. The molecule has 8 nitrogen and oxygen atoms in total. The Morgan fingerprint density at radius 3 is 2.59 bits per heavy atom. The molecule has 3 atom stereocenters. The SMILES string of the molecule is CC(=O)N[C@H]1C[C@@H](c2ccc(NC(=O)Cn3nnc4ccccc43)cc2)O[C@@H](C(C)C)C1. The highest BCUT2D eigenvalue weighted by atomic mass is 16.5. The number of benzene rings is 2. The molecule has 0 saturated carbocycles. The summed E-state index contributed by atoms with van der Waals surface area (Å²) < 4.78 is 7.91. The number of para-hydroxylation sites is 1. The highest BCUT2D eigenvalue weighted by Gasteiger charge is 2.32. The van der Waals surface area contributed by atoms with Gasteiger partial charge in [0.05, 0.1) is 17.7 Å². The number of carbonyl (C=O) groups excluding carboxylic acids is 2. The van der Waals surface area contributed by atoms with Gasteiger partial charge in [-0.15, -0.1) is 5.10 Å². The van der Waals surface area contributed by atoms with Crippen molar-refractivity contribution >= 4 is 28.5 Å². The maximum atomic E-state index is 12.5. The van der Waals surface area contributed by atoms with Crippen LogP contribution in [0.1, 0.15) is 45.3 Å². The van der Waals surface area contributed by atoms with Crippen LogP contribution in [-0.4, -0.2) is 39.0 Å². The van der Waals surface area contributed by atoms with Gasteiger partial charge in [0.25, 0.3) is 0 Å². The summed E-state index contributed by atoms with van der Waals surface area (Å²) in [5.41, 5.74) is 3.32. The Bertz CT molecular complexity index is 1090. The molecule has 32 heavy (non-hydrogen) atoms. The van der Waals surface area contributed by atoms with E-state index in [1.54, 1.807) is 11.6 Å². The van der Waals surface area contributed by atoms with Crippen LogP contribution in [0.5, 0.6) is 0 Å². The number of hydrogen-bond donors (Lipinski definition) is 2. The molecule has 2 amide bonds. The van der Waals surface area contributed by atoms with Crippen molar-refractivity contribution < 1.29 is 14.3 Å². The van der Waals surface area contributed by atoms with Crippen molar-refractivity contribution in [2.24, 2.45) is 5.92 Å². The van der Waals surface area contributed by atoms with E-state index in [9.17, 15) is 9.59 Å². The molecule has 0 aliphatic carbocycles. The van der Waals surface area contributed by atoms with E-state index in [0.717, 1.165) is 29.4 Å². The molecule has 2 N–H and O–H groups in total. The molecule has 1 fully saturated rings. The average Bonchev–Trinajstić information content (AvgIpc) is 3.16. The van der Waals surface area contributed by atoms with Gasteiger partial charge in [-0.05, 0) is 48.6 Å². The first-order chi connectivity index (χ1) is 15.4. The van der Waals surface area contributed by atoms with Gasteiger partial charge in [-0.1, -0.05) is 43.3 Å². The molecule has 2 heterocycles. The van der Waals surface area contributed by atoms with Crippen molar-refractivity contribution in [3.8, 4) is 0 Å². The van der Waals surface area contributed by atoms with Gasteiger partial charge >= 0.3 is 0 Å². The molecular weight excluding hydrogens is 406 g/mol. The predicted molar refractivity (Wildman–Crippen MR) is 122 cm³/mol. The van der Waals surface area contributed by atoms with Crippen LogP contribution in [-0.2, 0) is 20.9 Å². The third-order valence-electron chi connectivity index (χ3n) is 5.79. The fourth-order valence-corrected chi connectivity index (χ4v) is 4.16. The summed E-state index contributed by atoms with van der Waals surface area (Å²) in [5.74, 6) is 0.171. The van der Waals surface area contributed by atoms with E-state index < -0.39 is 0 Å². The largest absolute Gasteiger partial charge is 0.370 e. The standard InChI is InChI=1S/C24H29N5O3/c1-15(2)22-12-19(25-16(3)30)13-23(32-22)17-8-10-18(11-9-17)26-24(31)14-29-21-7-5-4-6-20(21)27-28-29/h4-11,15,19,22-23H,12-14H2,1-3H3,(H,25,30)(H,26,31)/t19-,22-,23+/m1/s1. The smallest absolute Gasteiger partial charge is 0.246 e. The van der Waals surface area contributed by atoms with Crippen molar-refractivity contribution in [3.05, 3.63) is 54.1 Å². The van der Waals surface area contributed by atoms with Crippen LogP contribution >= 0.6 is 0 Å². The quantitative estimate of drug-likeness (QED) is 0.618. The molecule has 0 unspecified atom stereocenters. The Morgan fingerprint density at radius 2 is 1.88 bits per heavy atom. The number of amides is 2. The molecule has 168 valence electrons. The van der Waals surface area contributed by atoms with E-state index >= 15 is 0 Å². The normalized spacial score (nSPS) is 20.9. The zero-order chi connectivity index (χ0) is 22.7. The Morgan fingerprint density at radius 1 is 1.12 bits per heavy atom. The fourth-order valence-electron chi connectivity index (χ4n) is 4.16. The number of fused-ring (bicyclic) bond motifs is 1. The number of hydrogen-bond acceptors (Lipinski definition) is 5. The van der Waals surface area contributed by atoms with Crippen LogP contribution in [0.3, 0.4) is 0 Å². The van der Waals surface area contributed by atoms with Crippen molar-refractivity contribution in [3.63, 3.8) is 0 Å². The van der Waals surface area contributed by atoms with E-state index in [2.05, 4.69) is 34.8 Å². The maximum Gasteiger partial charge on any atom is 0.246 e. The first kappa shape index (κ1) is 22.0. The highest BCUT2D eigenvalue weighted by Crippen LogP contribution is 2.34. The number of nitrogens with one attached hydrogen (secondary N) is 2. The predicted octanol–water partition coefficient (Wildman–Crippen LogP) is 3.45. The Kier molecular flexibility index (Phi) is 6.50. The van der Waals surface area contributed by atoms with Crippen LogP contribution in [0.25, 0.3) is 11.0 Å². The van der Waals surface area contributed by atoms with E-state index in [4.69, 9.17) is 4.74 Å². The molecular formula is C24H29N5O3. The summed E-state index contributed by atoms with van der Waals surface area (Å²) in [6, 6.07) is 15.3. The molecule has 0 bridgehead atoms. The van der Waals surface area contributed by atoms with Crippen LogP contribution in [0.15, 0.2) is 48.5 Å². The number of carbonyl (C=O) groups is 2. The number of rotatable bonds is 6. The maximum absolute atomic E-state index is 12.5. The van der Waals surface area contributed by atoms with Crippen molar-refractivity contribution in [2.45, 2.75) is 58.4 Å². The summed E-state index contributed by atoms with van der Waals surface area (Å²) in [5, 5.41) is 14.1. The number of ether oxygens (including phenoxy) is 1. The van der Waals surface area contributed by atoms with E-state index in [1.807, 2.05) is 48.5 Å². The molecule has 1 aliphatic rings. The molecule has 8 heteroatoms. The number of aromatic nitrogens is 3. The van der Waals surface area contributed by atoms with Crippen LogP contribution in [0, 0.1) is 5.92 Å². The summed E-state index contributed by atoms with van der Waals surface area (Å²) in [6.07, 6.45) is 1.54. The van der Waals surface area contributed by atoms with Crippen LogP contribution in [0.2, 0.25) is 0 Å². The van der Waals surface area contributed by atoms with Crippen LogP contribution < -0.4 is 10.6 Å². The Hall–Kier alpha value is -3.26. The second-order valence-electron chi connectivity index (χ2n) is 8.68. The van der Waals surface area contributed by atoms with Gasteiger partial charge in [0, 0.05) is 18.7 Å². The lowest BCUT2D eigenvalue weighted by atomic mass is 9.90. The van der Waals surface area contributed by atoms with Crippen LogP contribution in [0.4, 0.5) is 5.69 Å². The minimum Gasteiger partial charge on any atom is -0.370 e. The van der Waals surface area contributed by atoms with Crippen molar-refractivity contribution in [2.75, 3.05) is 5.32 Å². The summed E-state index contributed by atoms with van der Waals surface area (Å²) in [4.78, 5) is 24.1. The fraction of sp³-hybridized carbons (Fsp3) is 0.417. The third-order valence-corrected chi connectivity index (χ3v) is 5.79. The molecule has 1 aliphatic heterocycles. The van der Waals surface area contributed by atoms with Gasteiger partial charge in [-0.3, -0.25) is 9.59 Å². The number of anilines is 1. The first-order valence-corrected chi connectivity index (χ1v) is 11.0. The first-order valence-electron chi connectivity index (χ1n) is 11.0. The lowest BCUT2D eigenvalue weighted by molar-refractivity contribution is -0.123. The molecule has 1 aromatic heterocycles. The molecule has 0 spiro atoms. The molecule has 2 aromatic carbocycles. The summed E-state index contributed by atoms with van der Waals surface area (Å²) >= 11 is 0. The van der Waals surface area contributed by atoms with Gasteiger partial charge in [0.2, 0.25) is 11.8 Å². The van der Waals surface area contributed by atoms with Crippen molar-refractivity contribution in [1.82, 2.24) is 20.3 Å². The molecule has 0 radical (unpaired) electrons. The van der Waals surface area contributed by atoms with Gasteiger partial charge in [-0.2, -0.15) is 0 Å². The second kappa shape index (κ2) is 9.48. The van der Waals surface area contributed by atoms with E-state index in [1.165, 1.54) is 0 Å². The zero-order valence-electron chi connectivity index (χ0n) is 18.6. The molecule has 3 aromatic rings. The summed E-state index contributed by atoms with van der Waals surface area (Å²) in [7, 11) is 0. The number of nitrogens with zero attached hydrogens (tertiary/aromatic N) is 3. The van der Waals surface area contributed by atoms with Gasteiger partial charge < -0.3 is 15.4 Å². The van der Waals surface area contributed by atoms with Gasteiger partial charge in [0.15, 0.2) is 0 Å².